The fourth-order valence-corrected chi connectivity index (χ4v) is 11.3. The molecule has 6 aromatic carbocycles. The van der Waals surface area contributed by atoms with Gasteiger partial charge < -0.3 is 0 Å². The Labute approximate surface area is 333 Å². The average Bonchev–Trinajstić information content (AvgIpc) is 3.53. The minimum absolute atomic E-state index is 0.0236. The van der Waals surface area contributed by atoms with Crippen LogP contribution >= 0.6 is 54.5 Å². The van der Waals surface area contributed by atoms with Crippen molar-refractivity contribution in [3.8, 4) is 0 Å². The highest BCUT2D eigenvalue weighted by molar-refractivity contribution is 9.11. The molecule has 268 valence electrons. The second kappa shape index (κ2) is 14.3. The standard InChI is InChI=1S/C16H14N2O4S2.2C14H9Br/c19-13-9-10(14(20)17(13)7-3-1-4-7)24-12-11(23-9)15(21)18(16(12)22)8-5-2-6-8;2*15-14-12-7-3-1-5-10(12)9-11-6-2-4-8-13(11)14/h7-8H,1-6H2;2*1-9H. The Morgan fingerprint density at radius 3 is 0.926 bits per heavy atom. The molecular weight excluding hydrogens is 844 g/mol. The first-order valence-corrected chi connectivity index (χ1v) is 21.2. The summed E-state index contributed by atoms with van der Waals surface area (Å²) in [4.78, 5) is 50.5. The molecular formula is C44H32Br2N2O4S2. The zero-order valence-electron chi connectivity index (χ0n) is 28.9. The lowest BCUT2D eigenvalue weighted by molar-refractivity contribution is 0.304. The molecule has 0 N–H and O–H groups in total. The molecule has 0 unspecified atom stereocenters. The number of aromatic nitrogens is 2. The molecule has 2 aliphatic carbocycles. The average molecular weight is 877 g/mol. The van der Waals surface area contributed by atoms with Crippen molar-refractivity contribution >= 4 is 116 Å². The van der Waals surface area contributed by atoms with E-state index in [4.69, 9.17) is 0 Å². The van der Waals surface area contributed by atoms with Gasteiger partial charge in [-0.1, -0.05) is 97.1 Å². The van der Waals surface area contributed by atoms with Crippen molar-refractivity contribution in [1.29, 1.82) is 0 Å². The molecule has 54 heavy (non-hydrogen) atoms. The monoisotopic (exact) mass is 874 g/mol. The van der Waals surface area contributed by atoms with E-state index in [-0.39, 0.29) is 34.3 Å². The van der Waals surface area contributed by atoms with Crippen molar-refractivity contribution < 1.29 is 0 Å². The van der Waals surface area contributed by atoms with Gasteiger partial charge in [-0.25, -0.2) is 0 Å². The molecule has 2 saturated carbocycles. The minimum atomic E-state index is -0.300. The first-order chi connectivity index (χ1) is 26.3. The third-order valence-corrected chi connectivity index (χ3v) is 15.1. The Kier molecular flexibility index (Phi) is 9.33. The Balaban J connectivity index is 0.000000112. The summed E-state index contributed by atoms with van der Waals surface area (Å²) in [6, 6.07) is 38.2. The summed E-state index contributed by atoms with van der Waals surface area (Å²) in [6.07, 6.45) is 5.41. The third-order valence-electron chi connectivity index (χ3n) is 10.8. The molecule has 10 heteroatoms. The molecule has 0 atom stereocenters. The lowest BCUT2D eigenvalue weighted by Gasteiger charge is -2.25. The molecule has 0 bridgehead atoms. The zero-order valence-corrected chi connectivity index (χ0v) is 33.7. The van der Waals surface area contributed by atoms with Crippen molar-refractivity contribution in [3.63, 3.8) is 0 Å². The van der Waals surface area contributed by atoms with Crippen molar-refractivity contribution in [1.82, 2.24) is 9.13 Å². The van der Waals surface area contributed by atoms with Gasteiger partial charge in [0.15, 0.2) is 0 Å². The van der Waals surface area contributed by atoms with Gasteiger partial charge in [0, 0.05) is 21.0 Å². The maximum Gasteiger partial charge on any atom is 0.272 e. The SMILES string of the molecule is Brc1c2ccccc2cc2ccccc12.Brc1c2ccccc2cc2ccccc12.O=c1c2sc3c(=O)n(C4CCC4)c(=O)c3sc2c(=O)n1C1CCC1. The van der Waals surface area contributed by atoms with Crippen LogP contribution in [0.5, 0.6) is 0 Å². The van der Waals surface area contributed by atoms with Gasteiger partial charge in [-0.2, -0.15) is 0 Å². The predicted octanol–water partition coefficient (Wildman–Crippen LogP) is 11.6. The molecule has 2 fully saturated rings. The number of nitrogens with zero attached hydrogens (tertiary/aromatic N) is 2. The molecule has 0 saturated heterocycles. The topological polar surface area (TPSA) is 78.1 Å². The smallest absolute Gasteiger partial charge is 0.270 e. The fraction of sp³-hybridized carbons (Fsp3) is 0.182. The second-order valence-electron chi connectivity index (χ2n) is 13.9. The lowest BCUT2D eigenvalue weighted by atomic mass is 9.93. The van der Waals surface area contributed by atoms with Crippen LogP contribution in [0.25, 0.3) is 61.9 Å². The van der Waals surface area contributed by atoms with E-state index in [1.165, 1.54) is 61.2 Å². The molecule has 0 radical (unpaired) electrons. The molecule has 0 amide bonds. The summed E-state index contributed by atoms with van der Waals surface area (Å²) in [6.45, 7) is 0. The molecule has 2 aliphatic rings. The number of fused-ring (bicyclic) bond motifs is 6. The predicted molar refractivity (Wildman–Crippen MR) is 234 cm³/mol. The van der Waals surface area contributed by atoms with E-state index in [1.807, 2.05) is 0 Å². The van der Waals surface area contributed by atoms with Crippen LogP contribution in [0.2, 0.25) is 0 Å². The summed E-state index contributed by atoms with van der Waals surface area (Å²) in [5.41, 5.74) is -1.20. The van der Waals surface area contributed by atoms with Gasteiger partial charge in [0.25, 0.3) is 22.2 Å². The number of halogens is 2. The highest BCUT2D eigenvalue weighted by Gasteiger charge is 2.30. The zero-order chi connectivity index (χ0) is 37.1. The quantitative estimate of drug-likeness (QED) is 0.162. The van der Waals surface area contributed by atoms with Gasteiger partial charge in [-0.3, -0.25) is 28.3 Å². The number of rotatable bonds is 2. The molecule has 0 spiro atoms. The van der Waals surface area contributed by atoms with Crippen LogP contribution < -0.4 is 22.2 Å². The molecule has 6 nitrogen and oxygen atoms in total. The number of hydrogen-bond acceptors (Lipinski definition) is 6. The van der Waals surface area contributed by atoms with Gasteiger partial charge in [0.2, 0.25) is 0 Å². The highest BCUT2D eigenvalue weighted by atomic mass is 79.9. The van der Waals surface area contributed by atoms with E-state index >= 15 is 0 Å². The van der Waals surface area contributed by atoms with Gasteiger partial charge in [-0.05, 0) is 126 Å². The van der Waals surface area contributed by atoms with E-state index in [2.05, 4.69) is 141 Å². The van der Waals surface area contributed by atoms with E-state index < -0.39 is 0 Å². The van der Waals surface area contributed by atoms with Gasteiger partial charge in [0.05, 0.1) is 0 Å². The van der Waals surface area contributed by atoms with E-state index in [0.29, 0.717) is 18.8 Å². The first kappa shape index (κ1) is 35.2. The number of hydrogen-bond donors (Lipinski definition) is 0. The Morgan fingerprint density at radius 2 is 0.685 bits per heavy atom. The van der Waals surface area contributed by atoms with Crippen molar-refractivity contribution in [2.75, 3.05) is 0 Å². The summed E-state index contributed by atoms with van der Waals surface area (Å²) < 4.78 is 6.34. The van der Waals surface area contributed by atoms with Gasteiger partial charge >= 0.3 is 0 Å². The van der Waals surface area contributed by atoms with Crippen LogP contribution in [0.15, 0.2) is 137 Å². The molecule has 3 aromatic heterocycles. The summed E-state index contributed by atoms with van der Waals surface area (Å²) in [5.74, 6) is 0. The summed E-state index contributed by atoms with van der Waals surface area (Å²) in [5, 5.41) is 10.2. The lowest BCUT2D eigenvalue weighted by Crippen LogP contribution is -2.33. The van der Waals surface area contributed by atoms with Crippen molar-refractivity contribution in [2.24, 2.45) is 0 Å². The van der Waals surface area contributed by atoms with Gasteiger partial charge in [-0.15, -0.1) is 22.7 Å². The summed E-state index contributed by atoms with van der Waals surface area (Å²) >= 11 is 9.41. The van der Waals surface area contributed by atoms with Crippen LogP contribution in [0.3, 0.4) is 0 Å². The fourth-order valence-electron chi connectivity index (χ4n) is 7.44. The Bertz CT molecular complexity index is 2760. The van der Waals surface area contributed by atoms with Crippen LogP contribution in [0.4, 0.5) is 0 Å². The van der Waals surface area contributed by atoms with E-state index in [1.54, 1.807) is 0 Å². The van der Waals surface area contributed by atoms with Crippen LogP contribution in [0, 0.1) is 0 Å². The maximum absolute atomic E-state index is 12.6. The molecule has 3 heterocycles. The highest BCUT2D eigenvalue weighted by Crippen LogP contribution is 2.36. The van der Waals surface area contributed by atoms with E-state index in [0.717, 1.165) is 61.2 Å². The Hall–Kier alpha value is -4.48. The van der Waals surface area contributed by atoms with Crippen LogP contribution in [0.1, 0.15) is 50.6 Å². The molecule has 0 aliphatic heterocycles. The summed E-state index contributed by atoms with van der Waals surface area (Å²) in [7, 11) is 0. The third kappa shape index (κ3) is 5.95. The van der Waals surface area contributed by atoms with Crippen LogP contribution in [-0.4, -0.2) is 9.13 Å². The largest absolute Gasteiger partial charge is 0.272 e. The van der Waals surface area contributed by atoms with Crippen molar-refractivity contribution in [2.45, 2.75) is 50.6 Å². The Morgan fingerprint density at radius 1 is 0.426 bits per heavy atom. The minimum Gasteiger partial charge on any atom is -0.270 e. The first-order valence-electron chi connectivity index (χ1n) is 18.0. The van der Waals surface area contributed by atoms with E-state index in [9.17, 15) is 19.2 Å². The second-order valence-corrected chi connectivity index (χ2v) is 17.5. The number of benzene rings is 6. The molecule has 11 rings (SSSR count). The maximum atomic E-state index is 12.6. The van der Waals surface area contributed by atoms with Gasteiger partial charge in [0.1, 0.15) is 18.8 Å². The molecule has 9 aromatic rings. The van der Waals surface area contributed by atoms with Crippen molar-refractivity contribution in [3.05, 3.63) is 160 Å². The normalized spacial score (nSPS) is 14.6. The van der Waals surface area contributed by atoms with Crippen LogP contribution in [-0.2, 0) is 0 Å².